The Hall–Kier alpha value is -3.27. The van der Waals surface area contributed by atoms with Crippen molar-refractivity contribution < 1.29 is 27.4 Å². The summed E-state index contributed by atoms with van der Waals surface area (Å²) in [6, 6.07) is 10.6. The predicted molar refractivity (Wildman–Crippen MR) is 96.8 cm³/mol. The van der Waals surface area contributed by atoms with Gasteiger partial charge in [-0.1, -0.05) is 12.1 Å². The molecule has 0 aliphatic carbocycles. The zero-order chi connectivity index (χ0) is 21.2. The molecular formula is C19H18F3N4O3+. The lowest BCUT2D eigenvalue weighted by Crippen LogP contribution is -3.07. The SMILES string of the molecule is C[C@H](c1nnc(-c2ccc([N+](=O)[O-])cc2)o1)[NH+](C)Cc1ccc(C(F)(F)F)cc1. The fourth-order valence-corrected chi connectivity index (χ4v) is 2.75. The van der Waals surface area contributed by atoms with Gasteiger partial charge in [0.1, 0.15) is 6.54 Å². The van der Waals surface area contributed by atoms with E-state index in [0.29, 0.717) is 18.0 Å². The third kappa shape index (κ3) is 4.77. The largest absolute Gasteiger partial charge is 0.416 e. The topological polar surface area (TPSA) is 86.5 Å². The number of quaternary nitrogens is 1. The van der Waals surface area contributed by atoms with E-state index in [1.807, 2.05) is 14.0 Å². The molecular weight excluding hydrogens is 389 g/mol. The standard InChI is InChI=1S/C19H17F3N4O3/c1-12(25(2)11-13-3-7-15(8-4-13)19(20,21)22)17-23-24-18(29-17)14-5-9-16(10-6-14)26(27)28/h3-10,12H,11H2,1-2H3/p+1/t12-/m1/s1. The van der Waals surface area contributed by atoms with Crippen molar-refractivity contribution in [2.45, 2.75) is 25.7 Å². The number of halogens is 3. The minimum atomic E-state index is -4.36. The van der Waals surface area contributed by atoms with Gasteiger partial charge in [0.15, 0.2) is 6.04 Å². The number of hydrogen-bond acceptors (Lipinski definition) is 5. The Labute approximate surface area is 163 Å². The minimum Gasteiger partial charge on any atom is -0.415 e. The number of benzene rings is 2. The number of rotatable bonds is 6. The first-order chi connectivity index (χ1) is 13.6. The van der Waals surface area contributed by atoms with Gasteiger partial charge in [-0.3, -0.25) is 10.1 Å². The van der Waals surface area contributed by atoms with Crippen molar-refractivity contribution in [2.24, 2.45) is 0 Å². The summed E-state index contributed by atoms with van der Waals surface area (Å²) in [5, 5.41) is 18.8. The number of hydrogen-bond donors (Lipinski definition) is 1. The molecule has 0 spiro atoms. The van der Waals surface area contributed by atoms with Crippen LogP contribution >= 0.6 is 0 Å². The van der Waals surface area contributed by atoms with Crippen molar-refractivity contribution in [3.05, 3.63) is 75.7 Å². The van der Waals surface area contributed by atoms with Crippen molar-refractivity contribution in [3.63, 3.8) is 0 Å². The first-order valence-electron chi connectivity index (χ1n) is 8.72. The number of non-ortho nitro benzene ring substituents is 1. The van der Waals surface area contributed by atoms with Crippen molar-refractivity contribution in [3.8, 4) is 11.5 Å². The second-order valence-corrected chi connectivity index (χ2v) is 6.69. The first kappa shape index (κ1) is 20.5. The first-order valence-corrected chi connectivity index (χ1v) is 8.72. The Morgan fingerprint density at radius 1 is 1.10 bits per heavy atom. The van der Waals surface area contributed by atoms with E-state index in [0.717, 1.165) is 22.6 Å². The van der Waals surface area contributed by atoms with Crippen LogP contribution in [0, 0.1) is 10.1 Å². The second-order valence-electron chi connectivity index (χ2n) is 6.69. The van der Waals surface area contributed by atoms with Gasteiger partial charge in [0, 0.05) is 23.3 Å². The smallest absolute Gasteiger partial charge is 0.415 e. The summed E-state index contributed by atoms with van der Waals surface area (Å²) in [7, 11) is 1.87. The molecule has 2 atom stereocenters. The summed E-state index contributed by atoms with van der Waals surface area (Å²) in [5.74, 6) is 0.604. The third-order valence-electron chi connectivity index (χ3n) is 4.64. The highest BCUT2D eigenvalue weighted by Crippen LogP contribution is 2.29. The zero-order valence-corrected chi connectivity index (χ0v) is 15.6. The number of nitro groups is 1. The molecule has 0 radical (unpaired) electrons. The summed E-state index contributed by atoms with van der Waals surface area (Å²) >= 11 is 0. The van der Waals surface area contributed by atoms with E-state index in [-0.39, 0.29) is 17.6 Å². The van der Waals surface area contributed by atoms with Crippen LogP contribution in [0.2, 0.25) is 0 Å². The van der Waals surface area contributed by atoms with Gasteiger partial charge in [-0.05, 0) is 31.2 Å². The summed E-state index contributed by atoms with van der Waals surface area (Å²) in [5.41, 5.74) is 0.582. The van der Waals surface area contributed by atoms with Crippen LogP contribution in [0.4, 0.5) is 18.9 Å². The van der Waals surface area contributed by atoms with Gasteiger partial charge in [0.05, 0.1) is 17.5 Å². The molecule has 0 amide bonds. The lowest BCUT2D eigenvalue weighted by Gasteiger charge is -2.19. The molecule has 1 N–H and O–H groups in total. The van der Waals surface area contributed by atoms with E-state index in [9.17, 15) is 23.3 Å². The van der Waals surface area contributed by atoms with Crippen LogP contribution in [0.25, 0.3) is 11.5 Å². The molecule has 152 valence electrons. The number of aromatic nitrogens is 2. The normalized spacial score (nSPS) is 13.8. The van der Waals surface area contributed by atoms with E-state index >= 15 is 0 Å². The van der Waals surface area contributed by atoms with Crippen LogP contribution < -0.4 is 4.90 Å². The van der Waals surface area contributed by atoms with Crippen LogP contribution in [-0.4, -0.2) is 22.2 Å². The van der Waals surface area contributed by atoms with E-state index in [1.54, 1.807) is 0 Å². The number of nitro benzene ring substituents is 1. The molecule has 0 fully saturated rings. The summed E-state index contributed by atoms with van der Waals surface area (Å²) < 4.78 is 43.7. The van der Waals surface area contributed by atoms with E-state index in [1.165, 1.54) is 36.4 Å². The average Bonchev–Trinajstić information content (AvgIpc) is 3.17. The molecule has 0 saturated carbocycles. The molecule has 0 saturated heterocycles. The molecule has 10 heteroatoms. The van der Waals surface area contributed by atoms with Crippen molar-refractivity contribution in [2.75, 3.05) is 7.05 Å². The van der Waals surface area contributed by atoms with E-state index in [4.69, 9.17) is 4.42 Å². The Kier molecular flexibility index (Phi) is 5.64. The van der Waals surface area contributed by atoms with Crippen LogP contribution in [0.3, 0.4) is 0 Å². The van der Waals surface area contributed by atoms with Gasteiger partial charge in [-0.15, -0.1) is 10.2 Å². The molecule has 3 aromatic rings. The Bertz CT molecular complexity index is 985. The van der Waals surface area contributed by atoms with Gasteiger partial charge in [0.25, 0.3) is 11.6 Å². The van der Waals surface area contributed by atoms with Crippen LogP contribution in [0.15, 0.2) is 52.9 Å². The molecule has 2 aromatic carbocycles. The van der Waals surface area contributed by atoms with Gasteiger partial charge >= 0.3 is 6.18 Å². The molecule has 29 heavy (non-hydrogen) atoms. The molecule has 3 rings (SSSR count). The third-order valence-corrected chi connectivity index (χ3v) is 4.64. The lowest BCUT2D eigenvalue weighted by atomic mass is 10.1. The molecule has 1 heterocycles. The van der Waals surface area contributed by atoms with Gasteiger partial charge in [-0.2, -0.15) is 13.2 Å². The highest BCUT2D eigenvalue weighted by Gasteiger charge is 2.30. The van der Waals surface area contributed by atoms with Crippen LogP contribution in [0.5, 0.6) is 0 Å². The Morgan fingerprint density at radius 2 is 1.72 bits per heavy atom. The number of nitrogens with zero attached hydrogens (tertiary/aromatic N) is 3. The summed E-state index contributed by atoms with van der Waals surface area (Å²) in [6.07, 6.45) is -4.36. The lowest BCUT2D eigenvalue weighted by molar-refractivity contribution is -0.925. The highest BCUT2D eigenvalue weighted by atomic mass is 19.4. The molecule has 1 aromatic heterocycles. The fraction of sp³-hybridized carbons (Fsp3) is 0.263. The quantitative estimate of drug-likeness (QED) is 0.500. The number of nitrogens with one attached hydrogen (secondary N) is 1. The molecule has 1 unspecified atom stereocenters. The average molecular weight is 407 g/mol. The maximum atomic E-state index is 12.7. The van der Waals surface area contributed by atoms with Gasteiger partial charge in [0.2, 0.25) is 5.89 Å². The second kappa shape index (κ2) is 8.00. The molecule has 0 bridgehead atoms. The van der Waals surface area contributed by atoms with Crippen molar-refractivity contribution >= 4 is 5.69 Å². The predicted octanol–water partition coefficient (Wildman–Crippen LogP) is 3.44. The molecule has 0 aliphatic rings. The van der Waals surface area contributed by atoms with E-state index in [2.05, 4.69) is 10.2 Å². The molecule has 7 nitrogen and oxygen atoms in total. The van der Waals surface area contributed by atoms with Crippen molar-refractivity contribution in [1.29, 1.82) is 0 Å². The monoisotopic (exact) mass is 407 g/mol. The molecule has 0 aliphatic heterocycles. The van der Waals surface area contributed by atoms with Gasteiger partial charge in [-0.25, -0.2) is 0 Å². The summed E-state index contributed by atoms with van der Waals surface area (Å²) in [6.45, 7) is 2.33. The van der Waals surface area contributed by atoms with Crippen LogP contribution in [-0.2, 0) is 12.7 Å². The van der Waals surface area contributed by atoms with Gasteiger partial charge < -0.3 is 9.32 Å². The Balaban J connectivity index is 1.68. The zero-order valence-electron chi connectivity index (χ0n) is 15.6. The number of alkyl halides is 3. The van der Waals surface area contributed by atoms with E-state index < -0.39 is 16.7 Å². The maximum absolute atomic E-state index is 12.7. The van der Waals surface area contributed by atoms with Crippen LogP contribution in [0.1, 0.15) is 30.0 Å². The highest BCUT2D eigenvalue weighted by molar-refractivity contribution is 5.55. The fourth-order valence-electron chi connectivity index (χ4n) is 2.75. The minimum absolute atomic E-state index is 0.0393. The maximum Gasteiger partial charge on any atom is 0.416 e. The Morgan fingerprint density at radius 3 is 2.28 bits per heavy atom. The summed E-state index contributed by atoms with van der Waals surface area (Å²) in [4.78, 5) is 11.2. The van der Waals surface area contributed by atoms with Crippen molar-refractivity contribution in [1.82, 2.24) is 10.2 Å².